The third-order valence-electron chi connectivity index (χ3n) is 4.84. The molecule has 124 valence electrons. The zero-order chi connectivity index (χ0) is 16.6. The average molecular weight is 334 g/mol. The van der Waals surface area contributed by atoms with Crippen LogP contribution in [0.4, 0.5) is 0 Å². The van der Waals surface area contributed by atoms with E-state index in [-0.39, 0.29) is 5.91 Å². The smallest absolute Gasteiger partial charge is 0.270 e. The monoisotopic (exact) mass is 333 g/mol. The Kier molecular flexibility index (Phi) is 4.62. The van der Waals surface area contributed by atoms with Crippen molar-refractivity contribution in [3.8, 4) is 0 Å². The molecule has 0 N–H and O–H groups in total. The van der Waals surface area contributed by atoms with E-state index in [1.165, 1.54) is 12.8 Å². The first kappa shape index (κ1) is 16.3. The Balaban J connectivity index is 2.24. The lowest BCUT2D eigenvalue weighted by atomic mass is 10.1. The molecule has 0 atom stereocenters. The lowest BCUT2D eigenvalue weighted by Crippen LogP contribution is -2.33. The summed E-state index contributed by atoms with van der Waals surface area (Å²) in [6.45, 7) is 2.10. The minimum atomic E-state index is 0.0318. The summed E-state index contributed by atoms with van der Waals surface area (Å²) in [5.41, 5.74) is 2.74. The Morgan fingerprint density at radius 3 is 2.70 bits per heavy atom. The summed E-state index contributed by atoms with van der Waals surface area (Å²) >= 11 is 6.43. The van der Waals surface area contributed by atoms with Gasteiger partial charge in [0.15, 0.2) is 0 Å². The fraction of sp³-hybridized carbons (Fsp3) is 0.556. The van der Waals surface area contributed by atoms with Gasteiger partial charge in [0.05, 0.1) is 0 Å². The van der Waals surface area contributed by atoms with Crippen LogP contribution in [-0.2, 0) is 0 Å². The van der Waals surface area contributed by atoms with Crippen LogP contribution in [0, 0.1) is 0 Å². The Morgan fingerprint density at radius 1 is 1.39 bits per heavy atom. The SMILES string of the molecule is CCC1=C(Cl)N=c2c(cc(C(=O)N(C)C)n2C2CCCC2)=CC1. The van der Waals surface area contributed by atoms with E-state index in [0.29, 0.717) is 11.2 Å². The van der Waals surface area contributed by atoms with E-state index >= 15 is 0 Å². The molecule has 1 aromatic rings. The highest BCUT2D eigenvalue weighted by atomic mass is 35.5. The van der Waals surface area contributed by atoms with E-state index in [1.54, 1.807) is 19.0 Å². The van der Waals surface area contributed by atoms with Gasteiger partial charge in [-0.05, 0) is 37.3 Å². The molecule has 0 aromatic carbocycles. The van der Waals surface area contributed by atoms with Gasteiger partial charge in [-0.25, -0.2) is 4.99 Å². The predicted molar refractivity (Wildman–Crippen MR) is 93.0 cm³/mol. The highest BCUT2D eigenvalue weighted by Gasteiger charge is 2.25. The zero-order valence-electron chi connectivity index (χ0n) is 14.1. The van der Waals surface area contributed by atoms with Crippen molar-refractivity contribution in [1.82, 2.24) is 9.47 Å². The molecule has 3 rings (SSSR count). The molecule has 1 fully saturated rings. The topological polar surface area (TPSA) is 37.6 Å². The average Bonchev–Trinajstić information content (AvgIpc) is 3.12. The molecule has 1 aliphatic carbocycles. The van der Waals surface area contributed by atoms with Crippen LogP contribution in [0.2, 0.25) is 0 Å². The zero-order valence-corrected chi connectivity index (χ0v) is 14.9. The third-order valence-corrected chi connectivity index (χ3v) is 5.20. The summed E-state index contributed by atoms with van der Waals surface area (Å²) in [5.74, 6) is 0.0318. The Bertz CT molecular complexity index is 767. The number of halogens is 1. The van der Waals surface area contributed by atoms with Crippen LogP contribution >= 0.6 is 11.6 Å². The second kappa shape index (κ2) is 6.52. The first-order chi connectivity index (χ1) is 11.0. The van der Waals surface area contributed by atoms with Gasteiger partial charge in [0.1, 0.15) is 16.3 Å². The van der Waals surface area contributed by atoms with Crippen LogP contribution in [0.1, 0.15) is 62.0 Å². The molecule has 4 nitrogen and oxygen atoms in total. The van der Waals surface area contributed by atoms with Crippen LogP contribution < -0.4 is 10.7 Å². The number of carbonyl (C=O) groups is 1. The van der Waals surface area contributed by atoms with Gasteiger partial charge in [-0.3, -0.25) is 4.79 Å². The number of carbonyl (C=O) groups excluding carboxylic acids is 1. The van der Waals surface area contributed by atoms with Gasteiger partial charge < -0.3 is 9.47 Å². The van der Waals surface area contributed by atoms with Crippen molar-refractivity contribution in [2.75, 3.05) is 14.1 Å². The fourth-order valence-electron chi connectivity index (χ4n) is 3.51. The van der Waals surface area contributed by atoms with Gasteiger partial charge in [-0.1, -0.05) is 37.4 Å². The minimum absolute atomic E-state index is 0.0318. The molecule has 1 amide bonds. The van der Waals surface area contributed by atoms with Crippen molar-refractivity contribution in [3.05, 3.63) is 33.2 Å². The summed E-state index contributed by atoms with van der Waals surface area (Å²) in [5, 5.41) is 1.62. The Hall–Kier alpha value is -1.55. The summed E-state index contributed by atoms with van der Waals surface area (Å²) in [6, 6.07) is 2.34. The summed E-state index contributed by atoms with van der Waals surface area (Å²) in [6.07, 6.45) is 8.48. The molecule has 2 aliphatic rings. The number of amides is 1. The van der Waals surface area contributed by atoms with Crippen LogP contribution in [0.15, 0.2) is 21.8 Å². The van der Waals surface area contributed by atoms with Crippen LogP contribution in [0.3, 0.4) is 0 Å². The minimum Gasteiger partial charge on any atom is -0.343 e. The van der Waals surface area contributed by atoms with E-state index < -0.39 is 0 Å². The highest BCUT2D eigenvalue weighted by Crippen LogP contribution is 2.30. The van der Waals surface area contributed by atoms with Crippen molar-refractivity contribution in [2.45, 2.75) is 51.5 Å². The molecule has 2 heterocycles. The molecule has 5 heteroatoms. The Labute approximate surface area is 142 Å². The normalized spacial score (nSPS) is 18.3. The molecule has 1 aliphatic heterocycles. The predicted octanol–water partition coefficient (Wildman–Crippen LogP) is 2.97. The van der Waals surface area contributed by atoms with Crippen LogP contribution in [0.5, 0.6) is 0 Å². The first-order valence-corrected chi connectivity index (χ1v) is 8.80. The second-order valence-corrected chi connectivity index (χ2v) is 6.94. The van der Waals surface area contributed by atoms with Gasteiger partial charge in [-0.2, -0.15) is 0 Å². The number of fused-ring (bicyclic) bond motifs is 1. The van der Waals surface area contributed by atoms with E-state index in [0.717, 1.165) is 47.7 Å². The largest absolute Gasteiger partial charge is 0.343 e. The van der Waals surface area contributed by atoms with E-state index in [9.17, 15) is 4.79 Å². The highest BCUT2D eigenvalue weighted by molar-refractivity contribution is 6.29. The second-order valence-electron chi connectivity index (χ2n) is 6.58. The maximum Gasteiger partial charge on any atom is 0.270 e. The number of nitrogens with zero attached hydrogens (tertiary/aromatic N) is 3. The number of hydrogen-bond donors (Lipinski definition) is 0. The molecular formula is C18H24ClN3O. The summed E-state index contributed by atoms with van der Waals surface area (Å²) in [7, 11) is 3.59. The summed E-state index contributed by atoms with van der Waals surface area (Å²) in [4.78, 5) is 19.0. The fourth-order valence-corrected chi connectivity index (χ4v) is 3.80. The Morgan fingerprint density at radius 2 is 2.09 bits per heavy atom. The maximum absolute atomic E-state index is 12.6. The number of aromatic nitrogens is 1. The molecule has 1 aromatic heterocycles. The van der Waals surface area contributed by atoms with E-state index in [4.69, 9.17) is 16.6 Å². The number of allylic oxidation sites excluding steroid dienone is 1. The standard InChI is InChI=1S/C18H24ClN3O/c1-4-12-9-10-13-11-15(18(23)21(2)3)22(14-7-5-6-8-14)17(13)20-16(12)19/h10-11,14H,4-9H2,1-3H3. The lowest BCUT2D eigenvalue weighted by Gasteiger charge is -2.18. The number of hydrogen-bond acceptors (Lipinski definition) is 2. The van der Waals surface area contributed by atoms with Gasteiger partial charge in [0.25, 0.3) is 5.91 Å². The lowest BCUT2D eigenvalue weighted by molar-refractivity contribution is 0.0814. The van der Waals surface area contributed by atoms with E-state index in [2.05, 4.69) is 17.6 Å². The third kappa shape index (κ3) is 2.97. The summed E-state index contributed by atoms with van der Waals surface area (Å²) < 4.78 is 2.14. The van der Waals surface area contributed by atoms with E-state index in [1.807, 2.05) is 6.07 Å². The van der Waals surface area contributed by atoms with Gasteiger partial charge in [0, 0.05) is 25.4 Å². The first-order valence-electron chi connectivity index (χ1n) is 8.42. The molecule has 0 unspecified atom stereocenters. The molecular weight excluding hydrogens is 310 g/mol. The molecule has 0 bridgehead atoms. The van der Waals surface area contributed by atoms with Gasteiger partial charge in [-0.15, -0.1) is 0 Å². The van der Waals surface area contributed by atoms with Crippen molar-refractivity contribution in [1.29, 1.82) is 0 Å². The number of rotatable bonds is 3. The molecule has 23 heavy (non-hydrogen) atoms. The van der Waals surface area contributed by atoms with Crippen molar-refractivity contribution in [2.24, 2.45) is 4.99 Å². The molecule has 0 spiro atoms. The molecule has 0 saturated heterocycles. The van der Waals surface area contributed by atoms with Crippen LogP contribution in [-0.4, -0.2) is 29.5 Å². The van der Waals surface area contributed by atoms with Crippen molar-refractivity contribution < 1.29 is 4.79 Å². The van der Waals surface area contributed by atoms with Crippen LogP contribution in [0.25, 0.3) is 6.08 Å². The van der Waals surface area contributed by atoms with Gasteiger partial charge >= 0.3 is 0 Å². The van der Waals surface area contributed by atoms with Crippen molar-refractivity contribution in [3.63, 3.8) is 0 Å². The molecule has 0 radical (unpaired) electrons. The quantitative estimate of drug-likeness (QED) is 0.784. The van der Waals surface area contributed by atoms with Gasteiger partial charge in [0.2, 0.25) is 0 Å². The maximum atomic E-state index is 12.6. The molecule has 1 saturated carbocycles. The van der Waals surface area contributed by atoms with Crippen molar-refractivity contribution >= 4 is 23.6 Å².